The van der Waals surface area contributed by atoms with Crippen molar-refractivity contribution in [2.45, 2.75) is 71.6 Å². The second-order valence-electron chi connectivity index (χ2n) is 8.89. The number of hydrogen-bond donors (Lipinski definition) is 2. The molecule has 2 N–H and O–H groups in total. The first-order valence-corrected chi connectivity index (χ1v) is 11.7. The average molecular weight is 546 g/mol. The molecule has 8 nitrogen and oxygen atoms in total. The molecule has 1 aliphatic carbocycles. The van der Waals surface area contributed by atoms with E-state index < -0.39 is 47.5 Å². The molecule has 11 heteroatoms. The van der Waals surface area contributed by atoms with Crippen molar-refractivity contribution in [3.05, 3.63) is 33.5 Å². The molecule has 1 aliphatic heterocycles. The van der Waals surface area contributed by atoms with Crippen LogP contribution in [0.15, 0.2) is 33.5 Å². The highest BCUT2D eigenvalue weighted by Gasteiger charge is 2.42. The molecule has 2 atom stereocenters. The topological polar surface area (TPSA) is 109 Å². The number of alkyl halides is 2. The highest BCUT2D eigenvalue weighted by Crippen LogP contribution is 2.32. The summed E-state index contributed by atoms with van der Waals surface area (Å²) in [5, 5.41) is 10.8. The third kappa shape index (κ3) is 6.52. The van der Waals surface area contributed by atoms with E-state index in [1.54, 1.807) is 34.6 Å². The van der Waals surface area contributed by atoms with Crippen LogP contribution in [0.3, 0.4) is 0 Å². The van der Waals surface area contributed by atoms with E-state index >= 15 is 0 Å². The second-order valence-corrected chi connectivity index (χ2v) is 9.75. The van der Waals surface area contributed by atoms with Gasteiger partial charge in [0.15, 0.2) is 11.8 Å². The summed E-state index contributed by atoms with van der Waals surface area (Å²) in [6, 6.07) is -2.50. The number of amides is 1. The van der Waals surface area contributed by atoms with Gasteiger partial charge in [0, 0.05) is 28.4 Å². The van der Waals surface area contributed by atoms with Crippen molar-refractivity contribution in [2.24, 2.45) is 0 Å². The Morgan fingerprint density at radius 2 is 2.00 bits per heavy atom. The maximum atomic E-state index is 13.6. The summed E-state index contributed by atoms with van der Waals surface area (Å²) >= 11 is 3.17. The average Bonchev–Trinajstić information content (AvgIpc) is 3.22. The molecule has 0 aromatic rings. The third-order valence-corrected chi connectivity index (χ3v) is 6.06. The minimum Gasteiger partial charge on any atom is -0.464 e. The van der Waals surface area contributed by atoms with Crippen LogP contribution >= 0.6 is 15.9 Å². The predicted molar refractivity (Wildman–Crippen MR) is 126 cm³/mol. The van der Waals surface area contributed by atoms with Crippen molar-refractivity contribution in [3.8, 4) is 0 Å². The summed E-state index contributed by atoms with van der Waals surface area (Å²) in [7, 11) is 0. The summed E-state index contributed by atoms with van der Waals surface area (Å²) in [6.07, 6.45) is -0.439. The highest BCUT2D eigenvalue weighted by atomic mass is 79.9. The molecule has 1 unspecified atom stereocenters. The molecular weight excluding hydrogens is 516 g/mol. The van der Waals surface area contributed by atoms with E-state index in [0.717, 1.165) is 6.20 Å². The Labute approximate surface area is 206 Å². The van der Waals surface area contributed by atoms with Gasteiger partial charge in [-0.1, -0.05) is 15.9 Å². The number of likely N-dealkylation sites (tertiary alicyclic amines) is 1. The lowest BCUT2D eigenvalue weighted by molar-refractivity contribution is -0.149. The van der Waals surface area contributed by atoms with Crippen LogP contribution in [0, 0.1) is 5.41 Å². The zero-order valence-electron chi connectivity index (χ0n) is 19.8. The highest BCUT2D eigenvalue weighted by molar-refractivity contribution is 9.12. The van der Waals surface area contributed by atoms with Gasteiger partial charge in [-0.15, -0.1) is 0 Å². The van der Waals surface area contributed by atoms with Gasteiger partial charge in [0.1, 0.15) is 5.60 Å². The molecule has 1 heterocycles. The fourth-order valence-electron chi connectivity index (χ4n) is 3.58. The Morgan fingerprint density at radius 3 is 2.56 bits per heavy atom. The number of carbonyl (C=O) groups is 3. The van der Waals surface area contributed by atoms with Crippen molar-refractivity contribution in [3.63, 3.8) is 0 Å². The van der Waals surface area contributed by atoms with E-state index in [2.05, 4.69) is 21.2 Å². The summed E-state index contributed by atoms with van der Waals surface area (Å²) in [4.78, 5) is 39.9. The number of Topliss-reactive ketones (excluding diaryl/α,β-unsaturated/α-hetero) is 1. The summed E-state index contributed by atoms with van der Waals surface area (Å²) in [6.45, 7) is 8.54. The van der Waals surface area contributed by atoms with Gasteiger partial charge in [-0.05, 0) is 59.1 Å². The number of hydrogen-bond acceptors (Lipinski definition) is 7. The maximum absolute atomic E-state index is 13.6. The smallest absolute Gasteiger partial charge is 0.410 e. The van der Waals surface area contributed by atoms with Crippen LogP contribution < -0.4 is 5.32 Å². The van der Waals surface area contributed by atoms with Crippen LogP contribution in [-0.2, 0) is 19.1 Å². The van der Waals surface area contributed by atoms with Gasteiger partial charge in [0.2, 0.25) is 0 Å². The quantitative estimate of drug-likeness (QED) is 0.365. The molecule has 1 saturated heterocycles. The number of halogens is 3. The Morgan fingerprint density at radius 1 is 1.35 bits per heavy atom. The fourth-order valence-corrected chi connectivity index (χ4v) is 4.02. The second kappa shape index (κ2) is 11.2. The number of esters is 1. The van der Waals surface area contributed by atoms with E-state index in [9.17, 15) is 23.2 Å². The van der Waals surface area contributed by atoms with Crippen molar-refractivity contribution in [1.29, 1.82) is 5.41 Å². The van der Waals surface area contributed by atoms with Crippen LogP contribution in [0.2, 0.25) is 0 Å². The molecule has 0 saturated carbocycles. The number of nitrogens with one attached hydrogen (secondary N) is 2. The SMILES string of the molecule is CCOC(=O)C(N/C=C1\C(=N)C(C)=C(Br)C=C1C(F)F)C(=O)[C@@H]1CCCN1C(=O)OC(C)(C)C. The number of carbonyl (C=O) groups excluding carboxylic acids is 3. The Bertz CT molecular complexity index is 953. The number of nitrogens with zero attached hydrogens (tertiary/aromatic N) is 1. The standard InChI is InChI=1S/C23H30BrF2N3O5/c1-6-33-21(31)18(19(30)16-8-7-9-29(16)22(32)34-23(3,4)5)28-11-14-13(20(25)26)10-15(24)12(2)17(14)27/h10-11,16,18,20,27-28H,6-9H2,1-5H3/b14-11-,27-17?/t16-,18?/m0/s1. The van der Waals surface area contributed by atoms with Gasteiger partial charge in [-0.2, -0.15) is 0 Å². The molecule has 0 aromatic carbocycles. The molecule has 2 aliphatic rings. The molecular formula is C23H30BrF2N3O5. The lowest BCUT2D eigenvalue weighted by Crippen LogP contribution is -2.52. The van der Waals surface area contributed by atoms with Crippen LogP contribution in [-0.4, -0.2) is 65.7 Å². The molecule has 0 aromatic heterocycles. The minimum absolute atomic E-state index is 0.00584. The normalized spacial score (nSPS) is 21.0. The first-order valence-electron chi connectivity index (χ1n) is 10.9. The zero-order valence-corrected chi connectivity index (χ0v) is 21.4. The van der Waals surface area contributed by atoms with Crippen molar-refractivity contribution in [1.82, 2.24) is 10.2 Å². The third-order valence-electron chi connectivity index (χ3n) is 5.24. The van der Waals surface area contributed by atoms with Crippen LogP contribution in [0.4, 0.5) is 13.6 Å². The van der Waals surface area contributed by atoms with Crippen molar-refractivity contribution in [2.75, 3.05) is 13.2 Å². The van der Waals surface area contributed by atoms with Crippen LogP contribution in [0.5, 0.6) is 0 Å². The van der Waals surface area contributed by atoms with E-state index in [4.69, 9.17) is 14.9 Å². The maximum Gasteiger partial charge on any atom is 0.410 e. The molecule has 34 heavy (non-hydrogen) atoms. The fraction of sp³-hybridized carbons (Fsp3) is 0.565. The monoisotopic (exact) mass is 545 g/mol. The lowest BCUT2D eigenvalue weighted by atomic mass is 9.92. The molecule has 1 amide bonds. The zero-order chi connectivity index (χ0) is 25.8. The van der Waals surface area contributed by atoms with Crippen LogP contribution in [0.1, 0.15) is 47.5 Å². The van der Waals surface area contributed by atoms with E-state index in [1.165, 1.54) is 11.0 Å². The Hall–Kier alpha value is -2.56. The lowest BCUT2D eigenvalue weighted by Gasteiger charge is -2.29. The van der Waals surface area contributed by atoms with E-state index in [1.807, 2.05) is 0 Å². The predicted octanol–water partition coefficient (Wildman–Crippen LogP) is 4.25. The molecule has 1 fully saturated rings. The first-order chi connectivity index (χ1) is 15.8. The van der Waals surface area contributed by atoms with Gasteiger partial charge in [-0.3, -0.25) is 15.1 Å². The van der Waals surface area contributed by atoms with Gasteiger partial charge >= 0.3 is 12.1 Å². The van der Waals surface area contributed by atoms with Crippen molar-refractivity contribution < 1.29 is 32.6 Å². The van der Waals surface area contributed by atoms with Gasteiger partial charge in [0.25, 0.3) is 6.43 Å². The molecule has 0 radical (unpaired) electrons. The van der Waals surface area contributed by atoms with Gasteiger partial charge < -0.3 is 14.8 Å². The first kappa shape index (κ1) is 27.7. The summed E-state index contributed by atoms with van der Waals surface area (Å²) < 4.78 is 38.0. The Kier molecular flexibility index (Phi) is 9.15. The number of rotatable bonds is 7. The molecule has 0 spiro atoms. The largest absolute Gasteiger partial charge is 0.464 e. The number of ether oxygens (including phenoxy) is 2. The van der Waals surface area contributed by atoms with Crippen molar-refractivity contribution >= 4 is 39.5 Å². The summed E-state index contributed by atoms with van der Waals surface area (Å²) in [5.41, 5.74) is -1.10. The number of allylic oxidation sites excluding steroid dienone is 5. The molecule has 0 bridgehead atoms. The van der Waals surface area contributed by atoms with E-state index in [0.29, 0.717) is 22.9 Å². The molecule has 188 valence electrons. The Balaban J connectivity index is 2.35. The van der Waals surface area contributed by atoms with Gasteiger partial charge in [0.05, 0.1) is 18.4 Å². The minimum atomic E-state index is -2.89. The van der Waals surface area contributed by atoms with E-state index in [-0.39, 0.29) is 24.4 Å². The number of ketones is 1. The summed E-state index contributed by atoms with van der Waals surface area (Å²) in [5.74, 6) is -1.55. The molecule has 2 rings (SSSR count). The van der Waals surface area contributed by atoms with Crippen LogP contribution in [0.25, 0.3) is 0 Å². The van der Waals surface area contributed by atoms with Gasteiger partial charge in [-0.25, -0.2) is 18.4 Å².